The molecule has 1 aliphatic heterocycles. The number of phenolic OH excluding ortho intramolecular Hbond substituents is 1. The summed E-state index contributed by atoms with van der Waals surface area (Å²) in [5.74, 6) is -0.494. The molecular formula is C16H14Cl2N4O2. The molecule has 0 fully saturated rings. The molecule has 0 spiro atoms. The quantitative estimate of drug-likeness (QED) is 0.770. The molecule has 0 radical (unpaired) electrons. The van der Waals surface area contributed by atoms with Crippen molar-refractivity contribution in [2.75, 3.05) is 0 Å². The predicted molar refractivity (Wildman–Crippen MR) is 90.0 cm³/mol. The zero-order valence-corrected chi connectivity index (χ0v) is 14.2. The summed E-state index contributed by atoms with van der Waals surface area (Å²) < 4.78 is 5.48. The summed E-state index contributed by atoms with van der Waals surface area (Å²) in [6.45, 7) is 2.02. The van der Waals surface area contributed by atoms with Gasteiger partial charge in [0.2, 0.25) is 11.8 Å². The number of aryl methyl sites for hydroxylation is 1. The van der Waals surface area contributed by atoms with Gasteiger partial charge in [0.25, 0.3) is 0 Å². The second kappa shape index (κ2) is 6.27. The van der Waals surface area contributed by atoms with Gasteiger partial charge in [0.15, 0.2) is 0 Å². The number of hydrogen-bond donors (Lipinski definition) is 3. The van der Waals surface area contributed by atoms with Crippen molar-refractivity contribution < 1.29 is 9.84 Å². The molecule has 1 aromatic heterocycles. The van der Waals surface area contributed by atoms with E-state index in [1.807, 2.05) is 6.92 Å². The lowest BCUT2D eigenvalue weighted by atomic mass is 9.83. The maximum atomic E-state index is 10.4. The number of allylic oxidation sites excluding steroid dienone is 1. The van der Waals surface area contributed by atoms with Gasteiger partial charge in [-0.25, -0.2) is 5.10 Å². The number of aromatic hydroxyl groups is 1. The molecule has 2 aromatic rings. The van der Waals surface area contributed by atoms with Gasteiger partial charge in [0, 0.05) is 10.6 Å². The number of H-pyrrole nitrogens is 1. The van der Waals surface area contributed by atoms with Crippen molar-refractivity contribution in [1.82, 2.24) is 10.2 Å². The number of rotatable bonds is 3. The van der Waals surface area contributed by atoms with E-state index in [2.05, 4.69) is 16.3 Å². The number of aromatic nitrogens is 2. The summed E-state index contributed by atoms with van der Waals surface area (Å²) >= 11 is 12.1. The van der Waals surface area contributed by atoms with Gasteiger partial charge in [-0.1, -0.05) is 36.5 Å². The number of benzene rings is 1. The first-order valence-electron chi connectivity index (χ1n) is 7.30. The number of halogens is 2. The van der Waals surface area contributed by atoms with E-state index in [1.165, 1.54) is 6.07 Å². The fraction of sp³-hybridized carbons (Fsp3) is 0.250. The van der Waals surface area contributed by atoms with Crippen LogP contribution in [0.15, 0.2) is 23.6 Å². The molecule has 0 aliphatic carbocycles. The number of aromatic amines is 1. The zero-order chi connectivity index (χ0) is 17.4. The topological polar surface area (TPSA) is 108 Å². The Morgan fingerprint density at radius 3 is 2.88 bits per heavy atom. The van der Waals surface area contributed by atoms with Gasteiger partial charge in [-0.15, -0.1) is 0 Å². The van der Waals surface area contributed by atoms with Gasteiger partial charge in [-0.3, -0.25) is 0 Å². The van der Waals surface area contributed by atoms with Gasteiger partial charge in [0.1, 0.15) is 17.4 Å². The fourth-order valence-electron chi connectivity index (χ4n) is 2.86. The first-order valence-corrected chi connectivity index (χ1v) is 8.06. The lowest BCUT2D eigenvalue weighted by Crippen LogP contribution is -2.21. The van der Waals surface area contributed by atoms with Crippen LogP contribution in [0.4, 0.5) is 0 Å². The highest BCUT2D eigenvalue weighted by atomic mass is 35.5. The van der Waals surface area contributed by atoms with Crippen LogP contribution in [0.2, 0.25) is 10.0 Å². The number of ether oxygens (including phenoxy) is 1. The maximum Gasteiger partial charge on any atom is 0.221 e. The molecular weight excluding hydrogens is 351 g/mol. The van der Waals surface area contributed by atoms with E-state index >= 15 is 0 Å². The van der Waals surface area contributed by atoms with E-state index in [9.17, 15) is 10.4 Å². The van der Waals surface area contributed by atoms with E-state index in [1.54, 1.807) is 6.07 Å². The van der Waals surface area contributed by atoms with Crippen LogP contribution in [0.1, 0.15) is 36.1 Å². The average Bonchev–Trinajstić information content (AvgIpc) is 2.92. The minimum Gasteiger partial charge on any atom is -0.506 e. The summed E-state index contributed by atoms with van der Waals surface area (Å²) in [6.07, 6.45) is 1.53. The Balaban J connectivity index is 2.29. The van der Waals surface area contributed by atoms with Crippen LogP contribution < -0.4 is 10.5 Å². The zero-order valence-electron chi connectivity index (χ0n) is 12.7. The third-order valence-electron chi connectivity index (χ3n) is 3.88. The minimum absolute atomic E-state index is 0.0443. The summed E-state index contributed by atoms with van der Waals surface area (Å²) in [6, 6.07) is 5.06. The van der Waals surface area contributed by atoms with E-state index in [4.69, 9.17) is 33.7 Å². The predicted octanol–water partition coefficient (Wildman–Crippen LogP) is 3.59. The highest BCUT2D eigenvalue weighted by molar-refractivity contribution is 6.35. The Kier molecular flexibility index (Phi) is 4.31. The highest BCUT2D eigenvalue weighted by Gasteiger charge is 2.36. The Hall–Kier alpha value is -2.36. The molecule has 4 N–H and O–H groups in total. The summed E-state index contributed by atoms with van der Waals surface area (Å²) in [4.78, 5) is 0. The van der Waals surface area contributed by atoms with Crippen molar-refractivity contribution in [3.05, 3.63) is 50.5 Å². The molecule has 6 nitrogen and oxygen atoms in total. The van der Waals surface area contributed by atoms with Crippen LogP contribution in [0.25, 0.3) is 0 Å². The van der Waals surface area contributed by atoms with Crippen LogP contribution in [0, 0.1) is 11.3 Å². The Bertz CT molecular complexity index is 883. The number of nitriles is 1. The molecule has 1 unspecified atom stereocenters. The average molecular weight is 365 g/mol. The van der Waals surface area contributed by atoms with Crippen molar-refractivity contribution in [1.29, 1.82) is 5.26 Å². The van der Waals surface area contributed by atoms with Crippen LogP contribution in [-0.4, -0.2) is 15.3 Å². The van der Waals surface area contributed by atoms with E-state index in [-0.39, 0.29) is 22.2 Å². The van der Waals surface area contributed by atoms with Crippen molar-refractivity contribution in [3.8, 4) is 17.7 Å². The summed E-state index contributed by atoms with van der Waals surface area (Å²) in [5.41, 5.74) is 7.85. The molecule has 0 bridgehead atoms. The Labute approximate surface area is 148 Å². The molecule has 1 atom stereocenters. The van der Waals surface area contributed by atoms with Crippen LogP contribution >= 0.6 is 23.2 Å². The molecule has 124 valence electrons. The molecule has 24 heavy (non-hydrogen) atoms. The van der Waals surface area contributed by atoms with Gasteiger partial charge >= 0.3 is 0 Å². The van der Waals surface area contributed by atoms with Gasteiger partial charge in [-0.2, -0.15) is 10.4 Å². The van der Waals surface area contributed by atoms with Crippen LogP contribution in [0.3, 0.4) is 0 Å². The monoisotopic (exact) mass is 364 g/mol. The molecule has 1 aliphatic rings. The van der Waals surface area contributed by atoms with Gasteiger partial charge in [-0.05, 0) is 18.6 Å². The van der Waals surface area contributed by atoms with Crippen molar-refractivity contribution >= 4 is 23.2 Å². The summed E-state index contributed by atoms with van der Waals surface area (Å²) in [5, 5.41) is 27.5. The summed E-state index contributed by atoms with van der Waals surface area (Å²) in [7, 11) is 0. The third kappa shape index (κ3) is 2.56. The van der Waals surface area contributed by atoms with Gasteiger partial charge in [0.05, 0.1) is 22.2 Å². The molecule has 1 aromatic carbocycles. The standard InChI is InChI=1S/C16H14Cl2N4O2/c1-2-3-11-13-12(8-4-7(17)5-10(18)14(8)23)9(6-19)15(20)24-16(13)22-21-11/h4-5,12,23H,2-3,20H2,1H3,(H,21,22). The first kappa shape index (κ1) is 16.5. The van der Waals surface area contributed by atoms with Gasteiger partial charge < -0.3 is 15.6 Å². The SMILES string of the molecule is CCCc1n[nH]c2c1C(c1cc(Cl)cc(Cl)c1O)C(C#N)=C(N)O2. The molecule has 2 heterocycles. The van der Waals surface area contributed by atoms with E-state index < -0.39 is 5.92 Å². The number of phenols is 1. The fourth-order valence-corrected chi connectivity index (χ4v) is 3.37. The highest BCUT2D eigenvalue weighted by Crippen LogP contribution is 2.47. The number of nitrogens with two attached hydrogens (primary N) is 1. The van der Waals surface area contributed by atoms with E-state index in [0.717, 1.165) is 12.1 Å². The number of hydrogen-bond acceptors (Lipinski definition) is 5. The number of fused-ring (bicyclic) bond motifs is 1. The largest absolute Gasteiger partial charge is 0.506 e. The van der Waals surface area contributed by atoms with Crippen molar-refractivity contribution in [2.45, 2.75) is 25.7 Å². The first-order chi connectivity index (χ1) is 11.5. The van der Waals surface area contributed by atoms with Crippen LogP contribution in [0.5, 0.6) is 11.6 Å². The smallest absolute Gasteiger partial charge is 0.221 e. The minimum atomic E-state index is -0.657. The van der Waals surface area contributed by atoms with Crippen molar-refractivity contribution in [2.24, 2.45) is 5.73 Å². The second-order valence-corrected chi connectivity index (χ2v) is 6.26. The normalized spacial score (nSPS) is 16.5. The lowest BCUT2D eigenvalue weighted by molar-refractivity contribution is 0.377. The lowest BCUT2D eigenvalue weighted by Gasteiger charge is -2.25. The Morgan fingerprint density at radius 1 is 1.46 bits per heavy atom. The number of nitrogens with one attached hydrogen (secondary N) is 1. The molecule has 8 heteroatoms. The molecule has 0 saturated carbocycles. The molecule has 0 amide bonds. The van der Waals surface area contributed by atoms with Crippen LogP contribution in [-0.2, 0) is 6.42 Å². The number of nitrogens with zero attached hydrogens (tertiary/aromatic N) is 2. The maximum absolute atomic E-state index is 10.4. The van der Waals surface area contributed by atoms with Crippen molar-refractivity contribution in [3.63, 3.8) is 0 Å². The molecule has 3 rings (SSSR count). The molecule has 0 saturated heterocycles. The Morgan fingerprint density at radius 2 is 2.21 bits per heavy atom. The third-order valence-corrected chi connectivity index (χ3v) is 4.39. The second-order valence-electron chi connectivity index (χ2n) is 5.41. The van der Waals surface area contributed by atoms with E-state index in [0.29, 0.717) is 28.5 Å².